The number of nitrogens with zero attached hydrogens (tertiary/aromatic N) is 2. The summed E-state index contributed by atoms with van der Waals surface area (Å²) in [6, 6.07) is 12.0. The molecule has 0 spiro atoms. The molecule has 3 unspecified atom stereocenters. The van der Waals surface area contributed by atoms with Crippen molar-refractivity contribution in [3.63, 3.8) is 0 Å². The number of non-ortho nitro benzene ring substituents is 2. The van der Waals surface area contributed by atoms with E-state index in [4.69, 9.17) is 9.47 Å². The molecule has 0 amide bonds. The van der Waals surface area contributed by atoms with Crippen LogP contribution in [0.3, 0.4) is 0 Å². The molecule has 34 heavy (non-hydrogen) atoms. The monoisotopic (exact) mass is 478 g/mol. The van der Waals surface area contributed by atoms with Gasteiger partial charge in [0, 0.05) is 38.7 Å². The number of nitro groups is 2. The Hall–Kier alpha value is -2.96. The smallest absolute Gasteiger partial charge is 0.279 e. The number of hydrogen-bond acceptors (Lipinski definition) is 9. The molecule has 0 aliphatic carbocycles. The second kappa shape index (κ2) is 12.5. The molecule has 2 aromatic carbocycles. The second-order valence-electron chi connectivity index (χ2n) is 8.00. The first kappa shape index (κ1) is 27.3. The van der Waals surface area contributed by atoms with E-state index in [0.717, 1.165) is 23.8 Å². The molecule has 0 aliphatic heterocycles. The Morgan fingerprint density at radius 2 is 1.47 bits per heavy atom. The van der Waals surface area contributed by atoms with Gasteiger partial charge in [-0.05, 0) is 30.4 Å². The molecular weight excluding hydrogens is 448 g/mol. The first-order chi connectivity index (χ1) is 16.1. The number of rotatable bonds is 14. The van der Waals surface area contributed by atoms with Gasteiger partial charge in [0.2, 0.25) is 0 Å². The zero-order valence-corrected chi connectivity index (χ0v) is 19.1. The third-order valence-corrected chi connectivity index (χ3v) is 5.78. The third kappa shape index (κ3) is 7.54. The topological polar surface area (TPSA) is 165 Å². The van der Waals surface area contributed by atoms with E-state index in [1.54, 1.807) is 24.3 Å². The highest BCUT2D eigenvalue weighted by Gasteiger charge is 2.28. The zero-order valence-electron chi connectivity index (χ0n) is 19.1. The van der Waals surface area contributed by atoms with Crippen molar-refractivity contribution in [2.45, 2.75) is 56.2 Å². The maximum atomic E-state index is 11.2. The maximum Gasteiger partial charge on any atom is 0.279 e. The highest BCUT2D eigenvalue weighted by atomic mass is 16.8. The van der Waals surface area contributed by atoms with Crippen LogP contribution in [0.4, 0.5) is 11.4 Å². The number of unbranched alkanes of at least 4 members (excludes halogenated alkanes) is 1. The summed E-state index contributed by atoms with van der Waals surface area (Å²) in [7, 11) is 2.65. The highest BCUT2D eigenvalue weighted by Crippen LogP contribution is 2.35. The quantitative estimate of drug-likeness (QED) is 0.159. The largest absolute Gasteiger partial charge is 0.392 e. The number of nitro benzene ring substituents is 2. The van der Waals surface area contributed by atoms with Gasteiger partial charge in [0.15, 0.2) is 0 Å². The number of aliphatic hydroxyl groups excluding tert-OH is 2. The molecule has 0 saturated heterocycles. The third-order valence-electron chi connectivity index (χ3n) is 5.78. The molecule has 11 nitrogen and oxygen atoms in total. The summed E-state index contributed by atoms with van der Waals surface area (Å²) in [6.45, 7) is 0. The van der Waals surface area contributed by atoms with Crippen molar-refractivity contribution in [1.82, 2.24) is 0 Å². The van der Waals surface area contributed by atoms with Crippen LogP contribution in [-0.4, -0.2) is 51.5 Å². The fourth-order valence-electron chi connectivity index (χ4n) is 3.80. The summed E-state index contributed by atoms with van der Waals surface area (Å²) in [5, 5.41) is 54.2. The van der Waals surface area contributed by atoms with E-state index in [0.29, 0.717) is 19.3 Å². The van der Waals surface area contributed by atoms with Crippen molar-refractivity contribution in [3.8, 4) is 0 Å². The number of methoxy groups -OCH3 is 2. The second-order valence-corrected chi connectivity index (χ2v) is 8.00. The Morgan fingerprint density at radius 3 is 1.97 bits per heavy atom. The lowest BCUT2D eigenvalue weighted by Crippen LogP contribution is -2.33. The van der Waals surface area contributed by atoms with Crippen LogP contribution in [0.1, 0.15) is 55.3 Å². The van der Waals surface area contributed by atoms with Crippen LogP contribution in [0.25, 0.3) is 0 Å². The molecular formula is C23H30N2O9. The predicted octanol–water partition coefficient (Wildman–Crippen LogP) is 3.57. The van der Waals surface area contributed by atoms with E-state index >= 15 is 0 Å². The van der Waals surface area contributed by atoms with E-state index < -0.39 is 45.3 Å². The molecule has 2 aromatic rings. The molecule has 3 N–H and O–H groups in total. The number of aliphatic hydroxyl groups is 3. The van der Waals surface area contributed by atoms with Crippen LogP contribution in [0.5, 0.6) is 0 Å². The standard InChI is InChI=1S/C23H30N2O9/c1-33-23(28,34-2)11-7-6-10-21(26)20(16-8-4-3-5-9-16)15-22(27)17-12-18(24(29)30)14-19(13-17)25(31)32/h3-5,8-9,12-14,20-22,26-28H,6-7,10-11,15H2,1-2H3. The van der Waals surface area contributed by atoms with Crippen molar-refractivity contribution in [1.29, 1.82) is 0 Å². The Kier molecular flexibility index (Phi) is 10.0. The summed E-state index contributed by atoms with van der Waals surface area (Å²) in [5.41, 5.74) is -0.216. The minimum absolute atomic E-state index is 0.0103. The van der Waals surface area contributed by atoms with E-state index in [9.17, 15) is 35.5 Å². The molecule has 2 rings (SSSR count). The van der Waals surface area contributed by atoms with Crippen LogP contribution in [0.2, 0.25) is 0 Å². The first-order valence-electron chi connectivity index (χ1n) is 10.8. The van der Waals surface area contributed by atoms with Gasteiger partial charge in [-0.3, -0.25) is 20.2 Å². The van der Waals surface area contributed by atoms with E-state index in [1.807, 2.05) is 6.07 Å². The number of hydrogen-bond donors (Lipinski definition) is 3. The summed E-state index contributed by atoms with van der Waals surface area (Å²) in [6.07, 6.45) is -0.625. The van der Waals surface area contributed by atoms with E-state index in [-0.39, 0.29) is 18.4 Å². The van der Waals surface area contributed by atoms with Gasteiger partial charge in [0.05, 0.1) is 28.1 Å². The summed E-state index contributed by atoms with van der Waals surface area (Å²) >= 11 is 0. The molecule has 11 heteroatoms. The minimum Gasteiger partial charge on any atom is -0.392 e. The van der Waals surface area contributed by atoms with Crippen LogP contribution in [-0.2, 0) is 9.47 Å². The van der Waals surface area contributed by atoms with Crippen LogP contribution < -0.4 is 0 Å². The fourth-order valence-corrected chi connectivity index (χ4v) is 3.80. The summed E-state index contributed by atoms with van der Waals surface area (Å²) < 4.78 is 9.81. The summed E-state index contributed by atoms with van der Waals surface area (Å²) in [4.78, 5) is 20.9. The maximum absolute atomic E-state index is 11.2. The molecule has 0 bridgehead atoms. The molecule has 0 heterocycles. The van der Waals surface area contributed by atoms with E-state index in [1.165, 1.54) is 14.2 Å². The van der Waals surface area contributed by atoms with Gasteiger partial charge in [-0.2, -0.15) is 0 Å². The lowest BCUT2D eigenvalue weighted by Gasteiger charge is -2.27. The van der Waals surface area contributed by atoms with Gasteiger partial charge >= 0.3 is 0 Å². The molecule has 3 atom stereocenters. The van der Waals surface area contributed by atoms with Crippen molar-refractivity contribution < 1.29 is 34.6 Å². The first-order valence-corrected chi connectivity index (χ1v) is 10.8. The Balaban J connectivity index is 2.19. The van der Waals surface area contributed by atoms with Crippen molar-refractivity contribution >= 4 is 11.4 Å². The van der Waals surface area contributed by atoms with Gasteiger partial charge in [0.1, 0.15) is 0 Å². The van der Waals surface area contributed by atoms with Crippen LogP contribution in [0, 0.1) is 20.2 Å². The highest BCUT2D eigenvalue weighted by molar-refractivity contribution is 5.47. The average molecular weight is 478 g/mol. The Labute approximate surface area is 196 Å². The zero-order chi connectivity index (χ0) is 25.3. The number of benzene rings is 2. The van der Waals surface area contributed by atoms with Gasteiger partial charge in [-0.1, -0.05) is 36.8 Å². The van der Waals surface area contributed by atoms with E-state index in [2.05, 4.69) is 0 Å². The van der Waals surface area contributed by atoms with Crippen LogP contribution >= 0.6 is 0 Å². The normalized spacial score (nSPS) is 14.4. The van der Waals surface area contributed by atoms with Crippen molar-refractivity contribution in [3.05, 3.63) is 79.9 Å². The average Bonchev–Trinajstić information content (AvgIpc) is 2.84. The van der Waals surface area contributed by atoms with Crippen LogP contribution in [0.15, 0.2) is 48.5 Å². The predicted molar refractivity (Wildman–Crippen MR) is 122 cm³/mol. The fraction of sp³-hybridized carbons (Fsp3) is 0.478. The minimum atomic E-state index is -1.70. The Bertz CT molecular complexity index is 918. The molecule has 0 saturated carbocycles. The lowest BCUT2D eigenvalue weighted by molar-refractivity contribution is -0.394. The number of ether oxygens (including phenoxy) is 2. The lowest BCUT2D eigenvalue weighted by atomic mass is 9.84. The molecule has 0 aliphatic rings. The van der Waals surface area contributed by atoms with Gasteiger partial charge < -0.3 is 24.8 Å². The molecule has 0 radical (unpaired) electrons. The molecule has 186 valence electrons. The Morgan fingerprint density at radius 1 is 0.912 bits per heavy atom. The van der Waals surface area contributed by atoms with Gasteiger partial charge in [-0.25, -0.2) is 0 Å². The molecule has 0 aromatic heterocycles. The van der Waals surface area contributed by atoms with Crippen molar-refractivity contribution in [2.24, 2.45) is 0 Å². The van der Waals surface area contributed by atoms with Gasteiger partial charge in [0.25, 0.3) is 17.3 Å². The van der Waals surface area contributed by atoms with Crippen molar-refractivity contribution in [2.75, 3.05) is 14.2 Å². The van der Waals surface area contributed by atoms with Gasteiger partial charge in [-0.15, -0.1) is 0 Å². The molecule has 0 fully saturated rings. The SMILES string of the molecule is COC(O)(CCCCC(O)C(CC(O)c1cc([N+](=O)[O-])cc([N+](=O)[O-])c1)c1ccccc1)OC. The summed E-state index contributed by atoms with van der Waals surface area (Å²) in [5.74, 6) is -2.24.